The van der Waals surface area contributed by atoms with Gasteiger partial charge in [0.2, 0.25) is 5.95 Å². The number of nitrogen functional groups attached to an aromatic ring is 1. The zero-order valence-corrected chi connectivity index (χ0v) is 8.97. The Morgan fingerprint density at radius 3 is 2.05 bits per heavy atom. The van der Waals surface area contributed by atoms with Gasteiger partial charge in [-0.25, -0.2) is 9.97 Å². The molecule has 0 saturated heterocycles. The second-order valence-electron chi connectivity index (χ2n) is 3.66. The Bertz CT molecular complexity index is 631. The van der Waals surface area contributed by atoms with Crippen molar-refractivity contribution in [1.29, 1.82) is 0 Å². The SMILES string of the molecule is Nc1nc(C(F)(F)F)c2cc(C(F)(F)F)ccc2n1. The number of fused-ring (bicyclic) bond motifs is 1. The quantitative estimate of drug-likeness (QED) is 0.754. The minimum absolute atomic E-state index is 0.298. The standard InChI is InChI=1S/C10H5F6N3/c11-9(12,13)4-1-2-6-5(3-4)7(10(14,15)16)19-8(17)18-6/h1-3H,(H2,17,18,19). The highest BCUT2D eigenvalue weighted by molar-refractivity contribution is 5.83. The number of benzene rings is 1. The van der Waals surface area contributed by atoms with Crippen molar-refractivity contribution in [1.82, 2.24) is 9.97 Å². The van der Waals surface area contributed by atoms with Gasteiger partial charge in [0.05, 0.1) is 11.1 Å². The minimum Gasteiger partial charge on any atom is -0.368 e. The zero-order valence-electron chi connectivity index (χ0n) is 8.97. The third-order valence-corrected chi connectivity index (χ3v) is 2.31. The molecule has 0 bridgehead atoms. The van der Waals surface area contributed by atoms with Gasteiger partial charge in [0.1, 0.15) is 0 Å². The monoisotopic (exact) mass is 281 g/mol. The molecule has 3 nitrogen and oxygen atoms in total. The van der Waals surface area contributed by atoms with E-state index >= 15 is 0 Å². The lowest BCUT2D eigenvalue weighted by Crippen LogP contribution is -2.13. The van der Waals surface area contributed by atoms with Gasteiger partial charge in [-0.15, -0.1) is 0 Å². The predicted octanol–water partition coefficient (Wildman–Crippen LogP) is 3.25. The number of rotatable bonds is 0. The Kier molecular flexibility index (Phi) is 2.79. The molecule has 1 aromatic heterocycles. The fourth-order valence-electron chi connectivity index (χ4n) is 1.54. The summed E-state index contributed by atoms with van der Waals surface area (Å²) in [6.45, 7) is 0. The number of anilines is 1. The average molecular weight is 281 g/mol. The molecule has 1 heterocycles. The van der Waals surface area contributed by atoms with Gasteiger partial charge in [0, 0.05) is 5.39 Å². The first-order valence-corrected chi connectivity index (χ1v) is 4.81. The summed E-state index contributed by atoms with van der Waals surface area (Å²) in [4.78, 5) is 6.44. The van der Waals surface area contributed by atoms with Crippen LogP contribution < -0.4 is 5.73 Å². The summed E-state index contributed by atoms with van der Waals surface area (Å²) in [6, 6.07) is 1.82. The fraction of sp³-hybridized carbons (Fsp3) is 0.200. The summed E-state index contributed by atoms with van der Waals surface area (Å²) >= 11 is 0. The molecule has 9 heteroatoms. The smallest absolute Gasteiger partial charge is 0.368 e. The van der Waals surface area contributed by atoms with Crippen LogP contribution in [0.1, 0.15) is 11.3 Å². The molecule has 2 N–H and O–H groups in total. The predicted molar refractivity (Wildman–Crippen MR) is 54.0 cm³/mol. The highest BCUT2D eigenvalue weighted by Crippen LogP contribution is 2.36. The van der Waals surface area contributed by atoms with Crippen LogP contribution in [0, 0.1) is 0 Å². The van der Waals surface area contributed by atoms with Crippen molar-refractivity contribution in [2.45, 2.75) is 12.4 Å². The van der Waals surface area contributed by atoms with Crippen LogP contribution >= 0.6 is 0 Å². The van der Waals surface area contributed by atoms with Gasteiger partial charge in [-0.05, 0) is 18.2 Å². The van der Waals surface area contributed by atoms with Gasteiger partial charge in [-0.1, -0.05) is 0 Å². The molecule has 0 fully saturated rings. The van der Waals surface area contributed by atoms with E-state index in [0.717, 1.165) is 6.07 Å². The first kappa shape index (κ1) is 13.4. The second-order valence-corrected chi connectivity index (χ2v) is 3.66. The molecule has 0 radical (unpaired) electrons. The van der Waals surface area contributed by atoms with E-state index in [2.05, 4.69) is 9.97 Å². The molecule has 0 aliphatic rings. The second kappa shape index (κ2) is 3.97. The van der Waals surface area contributed by atoms with Crippen molar-refractivity contribution in [3.63, 3.8) is 0 Å². The topological polar surface area (TPSA) is 51.8 Å². The Hall–Kier alpha value is -2.06. The normalized spacial score (nSPS) is 12.9. The van der Waals surface area contributed by atoms with Crippen LogP contribution in [0.25, 0.3) is 10.9 Å². The fourth-order valence-corrected chi connectivity index (χ4v) is 1.54. The molecular formula is C10H5F6N3. The highest BCUT2D eigenvalue weighted by Gasteiger charge is 2.37. The van der Waals surface area contributed by atoms with E-state index in [4.69, 9.17) is 5.73 Å². The van der Waals surface area contributed by atoms with E-state index in [1.54, 1.807) is 0 Å². The van der Waals surface area contributed by atoms with Crippen LogP contribution in [0.5, 0.6) is 0 Å². The molecule has 0 unspecified atom stereocenters. The largest absolute Gasteiger partial charge is 0.434 e. The molecule has 0 spiro atoms. The van der Waals surface area contributed by atoms with Gasteiger partial charge in [0.25, 0.3) is 0 Å². The molecule has 19 heavy (non-hydrogen) atoms. The van der Waals surface area contributed by atoms with Gasteiger partial charge < -0.3 is 5.73 Å². The molecule has 102 valence electrons. The number of hydrogen-bond donors (Lipinski definition) is 1. The van der Waals surface area contributed by atoms with Crippen molar-refractivity contribution >= 4 is 16.9 Å². The summed E-state index contributed by atoms with van der Waals surface area (Å²) < 4.78 is 75.5. The molecule has 0 saturated carbocycles. The maximum atomic E-state index is 12.7. The molecule has 0 atom stereocenters. The van der Waals surface area contributed by atoms with E-state index in [9.17, 15) is 26.3 Å². The summed E-state index contributed by atoms with van der Waals surface area (Å²) in [5, 5.41) is -0.739. The van der Waals surface area contributed by atoms with Crippen molar-refractivity contribution < 1.29 is 26.3 Å². The lowest BCUT2D eigenvalue weighted by molar-refractivity contribution is -0.141. The van der Waals surface area contributed by atoms with E-state index in [0.29, 0.717) is 12.1 Å². The Morgan fingerprint density at radius 1 is 0.895 bits per heavy atom. The lowest BCUT2D eigenvalue weighted by atomic mass is 10.1. The molecule has 0 aliphatic carbocycles. The summed E-state index contributed by atoms with van der Waals surface area (Å²) in [5.41, 5.74) is 2.11. The van der Waals surface area contributed by atoms with E-state index in [-0.39, 0.29) is 5.52 Å². The van der Waals surface area contributed by atoms with Crippen molar-refractivity contribution in [3.05, 3.63) is 29.5 Å². The van der Waals surface area contributed by atoms with Crippen molar-refractivity contribution in [2.24, 2.45) is 0 Å². The Morgan fingerprint density at radius 2 is 1.53 bits per heavy atom. The highest BCUT2D eigenvalue weighted by atomic mass is 19.4. The van der Waals surface area contributed by atoms with Crippen LogP contribution in [0.3, 0.4) is 0 Å². The van der Waals surface area contributed by atoms with E-state index < -0.39 is 34.9 Å². The van der Waals surface area contributed by atoms with Crippen LogP contribution in [0.4, 0.5) is 32.3 Å². The Labute approximate surface area is 102 Å². The molecule has 0 amide bonds. The number of aromatic nitrogens is 2. The van der Waals surface area contributed by atoms with Gasteiger partial charge in [-0.3, -0.25) is 0 Å². The minimum atomic E-state index is -4.92. The summed E-state index contributed by atoms with van der Waals surface area (Å²) in [7, 11) is 0. The van der Waals surface area contributed by atoms with Gasteiger partial charge >= 0.3 is 12.4 Å². The van der Waals surface area contributed by atoms with Crippen LogP contribution in [0.15, 0.2) is 18.2 Å². The first-order chi connectivity index (χ1) is 8.59. The van der Waals surface area contributed by atoms with Crippen molar-refractivity contribution in [2.75, 3.05) is 5.73 Å². The number of nitrogens with zero attached hydrogens (tertiary/aromatic N) is 2. The summed E-state index contributed by atoms with van der Waals surface area (Å²) in [5.74, 6) is -0.653. The van der Waals surface area contributed by atoms with Crippen LogP contribution in [0.2, 0.25) is 0 Å². The van der Waals surface area contributed by atoms with E-state index in [1.165, 1.54) is 0 Å². The van der Waals surface area contributed by atoms with Crippen molar-refractivity contribution in [3.8, 4) is 0 Å². The molecule has 2 aromatic rings. The number of hydrogen-bond acceptors (Lipinski definition) is 3. The lowest BCUT2D eigenvalue weighted by Gasteiger charge is -2.12. The molecule has 1 aromatic carbocycles. The molecule has 0 aliphatic heterocycles. The first-order valence-electron chi connectivity index (χ1n) is 4.81. The maximum Gasteiger partial charge on any atom is 0.434 e. The zero-order chi connectivity index (χ0) is 14.4. The number of nitrogens with two attached hydrogens (primary N) is 1. The molecule has 2 rings (SSSR count). The summed E-state index contributed by atoms with van der Waals surface area (Å²) in [6.07, 6.45) is -9.67. The average Bonchev–Trinajstić information content (AvgIpc) is 2.24. The van der Waals surface area contributed by atoms with E-state index in [1.807, 2.05) is 0 Å². The molecular weight excluding hydrogens is 276 g/mol. The Balaban J connectivity index is 2.80. The number of alkyl halides is 6. The van der Waals surface area contributed by atoms with Crippen LogP contribution in [-0.2, 0) is 12.4 Å². The van der Waals surface area contributed by atoms with Crippen LogP contribution in [-0.4, -0.2) is 9.97 Å². The third kappa shape index (κ3) is 2.54. The third-order valence-electron chi connectivity index (χ3n) is 2.31. The van der Waals surface area contributed by atoms with Gasteiger partial charge in [-0.2, -0.15) is 26.3 Å². The maximum absolute atomic E-state index is 12.7. The van der Waals surface area contributed by atoms with Gasteiger partial charge in [0.15, 0.2) is 5.69 Å². The number of halogens is 6.